The summed E-state index contributed by atoms with van der Waals surface area (Å²) in [5.74, 6) is -0.0185. The molecule has 1 fully saturated rings. The molecule has 1 amide bonds. The minimum absolute atomic E-state index is 0.0185. The second-order valence-corrected chi connectivity index (χ2v) is 7.75. The van der Waals surface area contributed by atoms with Crippen molar-refractivity contribution in [3.05, 3.63) is 62.5 Å². The standard InChI is InChI=1S/C22H28ClN3O4/c1-4-26-15(3)14-18(27)19(21(26)28)20(16-6-8-17(23)9-7-16)24-10-12-25(13-11-24)22(29)30-5-2/h6-9,14,20,27H,4-5,10-13H2,1-3H3/t20-/m0/s1. The van der Waals surface area contributed by atoms with E-state index < -0.39 is 6.04 Å². The first kappa shape index (κ1) is 22.2. The lowest BCUT2D eigenvalue weighted by Crippen LogP contribution is -2.50. The predicted octanol–water partition coefficient (Wildman–Crippen LogP) is 3.40. The Morgan fingerprint density at radius 1 is 1.17 bits per heavy atom. The lowest BCUT2D eigenvalue weighted by atomic mass is 9.96. The van der Waals surface area contributed by atoms with Gasteiger partial charge in [-0.3, -0.25) is 9.69 Å². The zero-order chi connectivity index (χ0) is 21.8. The van der Waals surface area contributed by atoms with Gasteiger partial charge in [0.15, 0.2) is 0 Å². The number of amides is 1. The molecule has 8 heteroatoms. The lowest BCUT2D eigenvalue weighted by Gasteiger charge is -2.39. The van der Waals surface area contributed by atoms with Crippen molar-refractivity contribution in [2.24, 2.45) is 0 Å². The average molecular weight is 434 g/mol. The number of carbonyl (C=O) groups is 1. The quantitative estimate of drug-likeness (QED) is 0.782. The molecule has 1 saturated heterocycles. The molecule has 0 spiro atoms. The van der Waals surface area contributed by atoms with E-state index in [0.29, 0.717) is 55.6 Å². The molecule has 30 heavy (non-hydrogen) atoms. The van der Waals surface area contributed by atoms with E-state index >= 15 is 0 Å². The fraction of sp³-hybridized carbons (Fsp3) is 0.455. The Kier molecular flexibility index (Phi) is 7.05. The lowest BCUT2D eigenvalue weighted by molar-refractivity contribution is 0.0709. The van der Waals surface area contributed by atoms with Crippen molar-refractivity contribution < 1.29 is 14.6 Å². The maximum atomic E-state index is 13.3. The fourth-order valence-corrected chi connectivity index (χ4v) is 4.13. The first-order valence-electron chi connectivity index (χ1n) is 10.2. The largest absolute Gasteiger partial charge is 0.507 e. The Morgan fingerprint density at radius 2 is 1.80 bits per heavy atom. The van der Waals surface area contributed by atoms with Gasteiger partial charge in [0, 0.05) is 43.4 Å². The number of hydrogen-bond acceptors (Lipinski definition) is 5. The van der Waals surface area contributed by atoms with E-state index in [0.717, 1.165) is 5.56 Å². The molecule has 2 heterocycles. The van der Waals surface area contributed by atoms with Gasteiger partial charge in [0.25, 0.3) is 5.56 Å². The summed E-state index contributed by atoms with van der Waals surface area (Å²) < 4.78 is 6.76. The zero-order valence-corrected chi connectivity index (χ0v) is 18.4. The van der Waals surface area contributed by atoms with Crippen LogP contribution in [0.25, 0.3) is 0 Å². The third-order valence-electron chi connectivity index (χ3n) is 5.50. The van der Waals surface area contributed by atoms with Gasteiger partial charge in [0.2, 0.25) is 0 Å². The average Bonchev–Trinajstić information content (AvgIpc) is 2.72. The van der Waals surface area contributed by atoms with Crippen LogP contribution in [-0.2, 0) is 11.3 Å². The molecule has 1 atom stereocenters. The maximum Gasteiger partial charge on any atom is 0.409 e. The highest BCUT2D eigenvalue weighted by atomic mass is 35.5. The van der Waals surface area contributed by atoms with Crippen LogP contribution in [-0.4, -0.2) is 58.4 Å². The summed E-state index contributed by atoms with van der Waals surface area (Å²) in [4.78, 5) is 29.1. The highest BCUT2D eigenvalue weighted by Gasteiger charge is 2.32. The van der Waals surface area contributed by atoms with Crippen LogP contribution in [0, 0.1) is 6.92 Å². The number of ether oxygens (including phenoxy) is 1. The summed E-state index contributed by atoms with van der Waals surface area (Å²) in [7, 11) is 0. The zero-order valence-electron chi connectivity index (χ0n) is 17.6. The van der Waals surface area contributed by atoms with Crippen LogP contribution in [0.15, 0.2) is 35.1 Å². The third kappa shape index (κ3) is 4.47. The number of nitrogens with zero attached hydrogens (tertiary/aromatic N) is 3. The molecule has 3 rings (SSSR count). The molecule has 7 nitrogen and oxygen atoms in total. The topological polar surface area (TPSA) is 75.0 Å². The molecule has 2 aromatic rings. The normalized spacial score (nSPS) is 15.8. The van der Waals surface area contributed by atoms with Gasteiger partial charge in [0.1, 0.15) is 5.75 Å². The van der Waals surface area contributed by atoms with Crippen molar-refractivity contribution in [3.8, 4) is 5.75 Å². The number of piperazine rings is 1. The van der Waals surface area contributed by atoms with E-state index in [9.17, 15) is 14.7 Å². The summed E-state index contributed by atoms with van der Waals surface area (Å²) >= 11 is 6.08. The smallest absolute Gasteiger partial charge is 0.409 e. The first-order chi connectivity index (χ1) is 14.4. The first-order valence-corrected chi connectivity index (χ1v) is 10.6. The van der Waals surface area contributed by atoms with Crippen molar-refractivity contribution in [2.45, 2.75) is 33.4 Å². The summed E-state index contributed by atoms with van der Waals surface area (Å²) in [6.45, 7) is 8.41. The highest BCUT2D eigenvalue weighted by molar-refractivity contribution is 6.30. The van der Waals surface area contributed by atoms with Gasteiger partial charge in [-0.05, 0) is 44.5 Å². The number of aromatic hydroxyl groups is 1. The third-order valence-corrected chi connectivity index (χ3v) is 5.76. The van der Waals surface area contributed by atoms with E-state index in [2.05, 4.69) is 4.90 Å². The van der Waals surface area contributed by atoms with Crippen molar-refractivity contribution in [1.29, 1.82) is 0 Å². The monoisotopic (exact) mass is 433 g/mol. The predicted molar refractivity (Wildman–Crippen MR) is 116 cm³/mol. The number of halogens is 1. The molecule has 0 bridgehead atoms. The highest BCUT2D eigenvalue weighted by Crippen LogP contribution is 2.33. The number of pyridine rings is 1. The van der Waals surface area contributed by atoms with Gasteiger partial charge >= 0.3 is 6.09 Å². The van der Waals surface area contributed by atoms with E-state index in [1.165, 1.54) is 0 Å². The number of rotatable bonds is 5. The Bertz CT molecular complexity index is 950. The summed E-state index contributed by atoms with van der Waals surface area (Å²) in [5, 5.41) is 11.4. The van der Waals surface area contributed by atoms with Gasteiger partial charge in [-0.2, -0.15) is 0 Å². The van der Waals surface area contributed by atoms with Crippen LogP contribution in [0.5, 0.6) is 5.75 Å². The van der Waals surface area contributed by atoms with Gasteiger partial charge in [-0.25, -0.2) is 4.79 Å². The van der Waals surface area contributed by atoms with Gasteiger partial charge in [-0.15, -0.1) is 0 Å². The molecule has 0 saturated carbocycles. The van der Waals surface area contributed by atoms with Crippen LogP contribution < -0.4 is 5.56 Å². The van der Waals surface area contributed by atoms with Crippen molar-refractivity contribution in [1.82, 2.24) is 14.4 Å². The number of aryl methyl sites for hydroxylation is 1. The van der Waals surface area contributed by atoms with Gasteiger partial charge < -0.3 is 19.3 Å². The van der Waals surface area contributed by atoms with Gasteiger partial charge in [0.05, 0.1) is 18.2 Å². The van der Waals surface area contributed by atoms with Crippen molar-refractivity contribution >= 4 is 17.7 Å². The van der Waals surface area contributed by atoms with E-state index in [-0.39, 0.29) is 17.4 Å². The SMILES string of the molecule is CCOC(=O)N1CCN([C@@H](c2ccc(Cl)cc2)c2c(O)cc(C)n(CC)c2=O)CC1. The van der Waals surface area contributed by atoms with Crippen LogP contribution in [0.4, 0.5) is 4.79 Å². The fourth-order valence-electron chi connectivity index (χ4n) is 4.00. The minimum atomic E-state index is -0.447. The molecular formula is C22H28ClN3O4. The number of aromatic nitrogens is 1. The molecule has 1 aromatic carbocycles. The van der Waals surface area contributed by atoms with E-state index in [1.54, 1.807) is 34.6 Å². The summed E-state index contributed by atoms with van der Waals surface area (Å²) in [5.41, 5.74) is 1.71. The molecule has 162 valence electrons. The number of benzene rings is 1. The van der Waals surface area contributed by atoms with Crippen LogP contribution in [0.2, 0.25) is 5.02 Å². The molecule has 0 aliphatic carbocycles. The Labute approximate surface area is 181 Å². The summed E-state index contributed by atoms with van der Waals surface area (Å²) in [6, 6.07) is 8.50. The maximum absolute atomic E-state index is 13.3. The van der Waals surface area contributed by atoms with Crippen molar-refractivity contribution in [3.63, 3.8) is 0 Å². The minimum Gasteiger partial charge on any atom is -0.507 e. The second kappa shape index (κ2) is 9.53. The van der Waals surface area contributed by atoms with Crippen LogP contribution in [0.1, 0.15) is 36.7 Å². The Balaban J connectivity index is 2.01. The molecule has 0 radical (unpaired) electrons. The van der Waals surface area contributed by atoms with Crippen LogP contribution in [0.3, 0.4) is 0 Å². The molecule has 1 aromatic heterocycles. The van der Waals surface area contributed by atoms with Crippen molar-refractivity contribution in [2.75, 3.05) is 32.8 Å². The summed E-state index contributed by atoms with van der Waals surface area (Å²) in [6.07, 6.45) is -0.327. The number of hydrogen-bond donors (Lipinski definition) is 1. The molecule has 1 aliphatic rings. The Hall–Kier alpha value is -2.51. The van der Waals surface area contributed by atoms with Gasteiger partial charge in [-0.1, -0.05) is 23.7 Å². The van der Waals surface area contributed by atoms with E-state index in [4.69, 9.17) is 16.3 Å². The van der Waals surface area contributed by atoms with Crippen LogP contribution >= 0.6 is 11.6 Å². The number of carbonyl (C=O) groups excluding carboxylic acids is 1. The molecule has 1 N–H and O–H groups in total. The van der Waals surface area contributed by atoms with E-state index in [1.807, 2.05) is 26.0 Å². The molecule has 1 aliphatic heterocycles. The molecule has 0 unspecified atom stereocenters. The second-order valence-electron chi connectivity index (χ2n) is 7.31. The molecular weight excluding hydrogens is 406 g/mol. The Morgan fingerprint density at radius 3 is 2.37 bits per heavy atom.